The topological polar surface area (TPSA) is 107 Å². The van der Waals surface area contributed by atoms with Gasteiger partial charge in [0.25, 0.3) is 10.0 Å². The number of piperidine rings is 1. The standard InChI is InChI=1S/C25H24F2N2O5S2/c1-34-22-4-2-3-18(25(28)31)20(22)14-17-6-8-23(35-17)36(32,33)29-11-9-15(10-12-29)24(30)19-7-5-16(26)13-21(19)27/h2-8,13,15H,9-12,14H2,1H3,(H2,28,31). The first-order valence-electron chi connectivity index (χ1n) is 11.2. The molecule has 190 valence electrons. The molecule has 1 amide bonds. The van der Waals surface area contributed by atoms with E-state index in [1.807, 2.05) is 0 Å². The van der Waals surface area contributed by atoms with Gasteiger partial charge >= 0.3 is 0 Å². The summed E-state index contributed by atoms with van der Waals surface area (Å²) >= 11 is 1.09. The van der Waals surface area contributed by atoms with Gasteiger partial charge in [0.15, 0.2) is 5.78 Å². The van der Waals surface area contributed by atoms with Crippen LogP contribution >= 0.6 is 11.3 Å². The minimum absolute atomic E-state index is 0.104. The molecule has 3 aromatic rings. The maximum absolute atomic E-state index is 14.0. The summed E-state index contributed by atoms with van der Waals surface area (Å²) in [5.74, 6) is -2.81. The first-order chi connectivity index (χ1) is 17.1. The van der Waals surface area contributed by atoms with Gasteiger partial charge in [-0.05, 0) is 49.2 Å². The lowest BCUT2D eigenvalue weighted by molar-refractivity contribution is 0.0870. The molecule has 1 aliphatic rings. The Morgan fingerprint density at radius 2 is 1.81 bits per heavy atom. The van der Waals surface area contributed by atoms with Crippen molar-refractivity contribution in [3.63, 3.8) is 0 Å². The Balaban J connectivity index is 1.47. The molecule has 36 heavy (non-hydrogen) atoms. The maximum Gasteiger partial charge on any atom is 0.252 e. The third kappa shape index (κ3) is 5.18. The monoisotopic (exact) mass is 534 g/mol. The van der Waals surface area contributed by atoms with Crippen LogP contribution in [-0.4, -0.2) is 44.6 Å². The molecule has 7 nitrogen and oxygen atoms in total. The summed E-state index contributed by atoms with van der Waals surface area (Å²) in [6.45, 7) is 0.209. The summed E-state index contributed by atoms with van der Waals surface area (Å²) < 4.78 is 60.5. The molecule has 0 spiro atoms. The number of methoxy groups -OCH3 is 1. The number of primary amides is 1. The zero-order valence-electron chi connectivity index (χ0n) is 19.4. The number of amides is 1. The lowest BCUT2D eigenvalue weighted by Gasteiger charge is -2.30. The van der Waals surface area contributed by atoms with E-state index >= 15 is 0 Å². The number of rotatable bonds is 8. The van der Waals surface area contributed by atoms with Crippen LogP contribution in [-0.2, 0) is 16.4 Å². The molecule has 0 aliphatic carbocycles. The number of sulfonamides is 1. The number of Topliss-reactive ketones (excluding diaryl/α,β-unsaturated/α-hetero) is 1. The van der Waals surface area contributed by atoms with Crippen molar-refractivity contribution in [3.8, 4) is 5.75 Å². The Bertz CT molecular complexity index is 1410. The Morgan fingerprint density at radius 1 is 1.08 bits per heavy atom. The minimum Gasteiger partial charge on any atom is -0.496 e. The van der Waals surface area contributed by atoms with Crippen LogP contribution in [0.3, 0.4) is 0 Å². The van der Waals surface area contributed by atoms with Crippen molar-refractivity contribution in [2.24, 2.45) is 11.7 Å². The summed E-state index contributed by atoms with van der Waals surface area (Å²) in [7, 11) is -2.33. The van der Waals surface area contributed by atoms with Crippen LogP contribution in [0.4, 0.5) is 8.78 Å². The lowest BCUT2D eigenvalue weighted by Crippen LogP contribution is -2.40. The Labute approximate surface area is 211 Å². The van der Waals surface area contributed by atoms with Crippen molar-refractivity contribution < 1.29 is 31.5 Å². The molecule has 1 fully saturated rings. The number of ether oxygens (including phenoxy) is 1. The van der Waals surface area contributed by atoms with Crippen LogP contribution < -0.4 is 10.5 Å². The van der Waals surface area contributed by atoms with Gasteiger partial charge in [-0.2, -0.15) is 4.31 Å². The number of nitrogens with zero attached hydrogens (tertiary/aromatic N) is 1. The number of halogens is 2. The van der Waals surface area contributed by atoms with Gasteiger partial charge in [-0.15, -0.1) is 11.3 Å². The first-order valence-corrected chi connectivity index (χ1v) is 13.4. The number of benzene rings is 2. The number of carbonyl (C=O) groups is 2. The zero-order chi connectivity index (χ0) is 26.0. The second kappa shape index (κ2) is 10.5. The van der Waals surface area contributed by atoms with Gasteiger partial charge in [0, 0.05) is 47.5 Å². The Hall–Kier alpha value is -3.15. The molecule has 1 aliphatic heterocycles. The molecule has 0 atom stereocenters. The highest BCUT2D eigenvalue weighted by Crippen LogP contribution is 2.33. The van der Waals surface area contributed by atoms with E-state index in [-0.39, 0.29) is 42.1 Å². The van der Waals surface area contributed by atoms with Crippen molar-refractivity contribution in [1.82, 2.24) is 4.31 Å². The van der Waals surface area contributed by atoms with Crippen molar-refractivity contribution in [2.45, 2.75) is 23.5 Å². The smallest absolute Gasteiger partial charge is 0.252 e. The fourth-order valence-electron chi connectivity index (χ4n) is 4.33. The van der Waals surface area contributed by atoms with E-state index in [0.29, 0.717) is 27.8 Å². The van der Waals surface area contributed by atoms with E-state index in [4.69, 9.17) is 10.5 Å². The van der Waals surface area contributed by atoms with Crippen molar-refractivity contribution in [2.75, 3.05) is 20.2 Å². The molecule has 2 aromatic carbocycles. The molecule has 2 N–H and O–H groups in total. The molecule has 2 heterocycles. The number of hydrogen-bond acceptors (Lipinski definition) is 6. The van der Waals surface area contributed by atoms with Crippen molar-refractivity contribution >= 4 is 33.1 Å². The van der Waals surface area contributed by atoms with Gasteiger partial charge in [-0.1, -0.05) is 6.07 Å². The lowest BCUT2D eigenvalue weighted by atomic mass is 9.89. The molecular weight excluding hydrogens is 510 g/mol. The van der Waals surface area contributed by atoms with Gasteiger partial charge in [0.1, 0.15) is 21.6 Å². The number of hydrogen-bond donors (Lipinski definition) is 1. The van der Waals surface area contributed by atoms with E-state index in [9.17, 15) is 26.8 Å². The third-order valence-corrected chi connectivity index (χ3v) is 9.67. The molecule has 0 bridgehead atoms. The molecule has 1 aromatic heterocycles. The van der Waals surface area contributed by atoms with E-state index < -0.39 is 39.3 Å². The third-order valence-electron chi connectivity index (χ3n) is 6.22. The average molecular weight is 535 g/mol. The molecule has 1 saturated heterocycles. The van der Waals surface area contributed by atoms with Gasteiger partial charge in [-0.25, -0.2) is 17.2 Å². The second-order valence-electron chi connectivity index (χ2n) is 8.41. The summed E-state index contributed by atoms with van der Waals surface area (Å²) in [5.41, 5.74) is 6.18. The SMILES string of the molecule is COc1cccc(C(N)=O)c1Cc1ccc(S(=O)(=O)N2CCC(C(=O)c3ccc(F)cc3F)CC2)s1. The first kappa shape index (κ1) is 25.9. The number of carbonyl (C=O) groups excluding carboxylic acids is 2. The van der Waals surface area contributed by atoms with E-state index in [2.05, 4.69) is 0 Å². The van der Waals surface area contributed by atoms with E-state index in [1.54, 1.807) is 24.3 Å². The summed E-state index contributed by atoms with van der Waals surface area (Å²) in [4.78, 5) is 25.3. The molecular formula is C25H24F2N2O5S2. The average Bonchev–Trinajstić information content (AvgIpc) is 3.33. The summed E-state index contributed by atoms with van der Waals surface area (Å²) in [5, 5.41) is 0. The highest BCUT2D eigenvalue weighted by molar-refractivity contribution is 7.91. The van der Waals surface area contributed by atoms with Crippen molar-refractivity contribution in [3.05, 3.63) is 81.7 Å². The fraction of sp³-hybridized carbons (Fsp3) is 0.280. The predicted molar refractivity (Wildman–Crippen MR) is 131 cm³/mol. The minimum atomic E-state index is -3.81. The second-order valence-corrected chi connectivity index (χ2v) is 11.7. The molecule has 11 heteroatoms. The van der Waals surface area contributed by atoms with E-state index in [0.717, 1.165) is 23.5 Å². The maximum atomic E-state index is 14.0. The van der Waals surface area contributed by atoms with Crippen LogP contribution in [0.1, 0.15) is 44.0 Å². The van der Waals surface area contributed by atoms with Crippen LogP contribution in [0.2, 0.25) is 0 Å². The largest absolute Gasteiger partial charge is 0.496 e. The fourth-order valence-corrected chi connectivity index (χ4v) is 7.32. The molecule has 0 radical (unpaired) electrons. The van der Waals surface area contributed by atoms with Gasteiger partial charge in [0.05, 0.1) is 12.7 Å². The number of ketones is 1. The highest BCUT2D eigenvalue weighted by atomic mass is 32.2. The van der Waals surface area contributed by atoms with E-state index in [1.165, 1.54) is 17.5 Å². The number of thiophene rings is 1. The van der Waals surface area contributed by atoms with Gasteiger partial charge < -0.3 is 10.5 Å². The Kier molecular flexibility index (Phi) is 7.53. The Morgan fingerprint density at radius 3 is 2.44 bits per heavy atom. The molecule has 4 rings (SSSR count). The molecule has 0 saturated carbocycles. The van der Waals surface area contributed by atoms with Crippen LogP contribution in [0, 0.1) is 17.6 Å². The van der Waals surface area contributed by atoms with Crippen LogP contribution in [0.5, 0.6) is 5.75 Å². The van der Waals surface area contributed by atoms with Gasteiger partial charge in [-0.3, -0.25) is 9.59 Å². The molecule has 0 unspecified atom stereocenters. The quantitative estimate of drug-likeness (QED) is 0.440. The predicted octanol–water partition coefficient (Wildman–Crippen LogP) is 4.01. The number of nitrogens with two attached hydrogens (primary N) is 1. The summed E-state index contributed by atoms with van der Waals surface area (Å²) in [6, 6.07) is 11.0. The van der Waals surface area contributed by atoms with Crippen molar-refractivity contribution in [1.29, 1.82) is 0 Å². The van der Waals surface area contributed by atoms with Gasteiger partial charge in [0.2, 0.25) is 5.91 Å². The van der Waals surface area contributed by atoms with Crippen LogP contribution in [0.25, 0.3) is 0 Å². The highest BCUT2D eigenvalue weighted by Gasteiger charge is 2.34. The van der Waals surface area contributed by atoms with Crippen LogP contribution in [0.15, 0.2) is 52.7 Å². The summed E-state index contributed by atoms with van der Waals surface area (Å²) in [6.07, 6.45) is 0.731. The zero-order valence-corrected chi connectivity index (χ0v) is 21.0. The normalized spacial score (nSPS) is 15.1.